The highest BCUT2D eigenvalue weighted by atomic mass is 16.6. The third-order valence-corrected chi connectivity index (χ3v) is 6.88. The topological polar surface area (TPSA) is 122 Å². The van der Waals surface area contributed by atoms with Gasteiger partial charge in [0, 0.05) is 30.4 Å². The van der Waals surface area contributed by atoms with E-state index in [0.717, 1.165) is 18.8 Å². The molecule has 4 heterocycles. The summed E-state index contributed by atoms with van der Waals surface area (Å²) in [5.41, 5.74) is 1.59. The van der Waals surface area contributed by atoms with Crippen molar-refractivity contribution in [2.45, 2.75) is 24.3 Å². The fraction of sp³-hybridized carbons (Fsp3) is 0.440. The smallest absolute Gasteiger partial charge is 0.341 e. The summed E-state index contributed by atoms with van der Waals surface area (Å²) in [7, 11) is 1.59. The van der Waals surface area contributed by atoms with E-state index in [0.29, 0.717) is 43.5 Å². The largest absolute Gasteiger partial charge is 0.497 e. The van der Waals surface area contributed by atoms with Crippen molar-refractivity contribution >= 4 is 11.6 Å². The predicted octanol–water partition coefficient (Wildman–Crippen LogP) is 1.45. The Morgan fingerprint density at radius 1 is 1.03 bits per heavy atom. The molecule has 1 amide bonds. The average Bonchev–Trinajstić information content (AvgIpc) is 3.67. The van der Waals surface area contributed by atoms with Gasteiger partial charge in [-0.25, -0.2) is 0 Å². The molecular weight excluding hydrogens is 480 g/mol. The molecule has 4 atom stereocenters. The molecule has 0 spiro atoms. The van der Waals surface area contributed by atoms with Gasteiger partial charge in [0.15, 0.2) is 0 Å². The van der Waals surface area contributed by atoms with Crippen LogP contribution < -0.4 is 19.7 Å². The first-order valence-electron chi connectivity index (χ1n) is 12.3. The fourth-order valence-corrected chi connectivity index (χ4v) is 4.94. The number of carbonyl (C=O) groups excluding carboxylic acids is 1. The summed E-state index contributed by atoms with van der Waals surface area (Å²) in [4.78, 5) is 15.0. The van der Waals surface area contributed by atoms with Gasteiger partial charge < -0.3 is 33.9 Å². The maximum Gasteiger partial charge on any atom is 0.341 e. The lowest BCUT2D eigenvalue weighted by molar-refractivity contribution is 0.0606. The number of benzene rings is 2. The number of carbonyl (C=O) groups is 1. The van der Waals surface area contributed by atoms with Gasteiger partial charge >= 0.3 is 6.01 Å². The number of morpholine rings is 1. The lowest BCUT2D eigenvalue weighted by atomic mass is 10.1. The highest BCUT2D eigenvalue weighted by Gasteiger charge is 2.50. The molecule has 0 bridgehead atoms. The van der Waals surface area contributed by atoms with Crippen LogP contribution in [0.3, 0.4) is 0 Å². The van der Waals surface area contributed by atoms with Gasteiger partial charge in [-0.2, -0.15) is 4.68 Å². The molecule has 3 saturated heterocycles. The highest BCUT2D eigenvalue weighted by Crippen LogP contribution is 2.36. The number of amides is 1. The van der Waals surface area contributed by atoms with Crippen molar-refractivity contribution in [2.24, 2.45) is 0 Å². The summed E-state index contributed by atoms with van der Waals surface area (Å²) in [6, 6.07) is 14.4. The van der Waals surface area contributed by atoms with Crippen LogP contribution in [0.25, 0.3) is 0 Å². The normalized spacial score (nSPS) is 25.1. The van der Waals surface area contributed by atoms with Crippen LogP contribution in [-0.2, 0) is 14.2 Å². The van der Waals surface area contributed by atoms with Crippen molar-refractivity contribution in [1.82, 2.24) is 25.5 Å². The lowest BCUT2D eigenvalue weighted by Crippen LogP contribution is -2.44. The first-order chi connectivity index (χ1) is 18.2. The zero-order chi connectivity index (χ0) is 25.2. The van der Waals surface area contributed by atoms with Crippen molar-refractivity contribution in [3.63, 3.8) is 0 Å². The third kappa shape index (κ3) is 4.82. The summed E-state index contributed by atoms with van der Waals surface area (Å²) in [6.07, 6.45) is -0.652. The molecule has 37 heavy (non-hydrogen) atoms. The van der Waals surface area contributed by atoms with Crippen LogP contribution in [0.5, 0.6) is 17.5 Å². The summed E-state index contributed by atoms with van der Waals surface area (Å²) >= 11 is 0. The Bertz CT molecular complexity index is 1230. The molecule has 0 radical (unpaired) electrons. The van der Waals surface area contributed by atoms with Crippen LogP contribution in [0.4, 0.5) is 5.69 Å². The molecule has 3 aromatic rings. The molecule has 0 unspecified atom stereocenters. The minimum absolute atomic E-state index is 0.199. The van der Waals surface area contributed by atoms with E-state index in [2.05, 4.69) is 25.7 Å². The minimum Gasteiger partial charge on any atom is -0.497 e. The number of ether oxygens (including phenoxy) is 5. The van der Waals surface area contributed by atoms with Gasteiger partial charge in [0.1, 0.15) is 29.7 Å². The Labute approximate surface area is 213 Å². The van der Waals surface area contributed by atoms with Gasteiger partial charge in [0.2, 0.25) is 0 Å². The summed E-state index contributed by atoms with van der Waals surface area (Å²) < 4.78 is 30.4. The Kier molecular flexibility index (Phi) is 6.60. The third-order valence-electron chi connectivity index (χ3n) is 6.88. The zero-order valence-corrected chi connectivity index (χ0v) is 20.4. The van der Waals surface area contributed by atoms with E-state index in [1.807, 2.05) is 24.3 Å². The van der Waals surface area contributed by atoms with Crippen molar-refractivity contribution in [3.8, 4) is 17.5 Å². The second-order valence-corrected chi connectivity index (χ2v) is 9.08. The Hall–Kier alpha value is -3.74. The number of aromatic nitrogens is 4. The Morgan fingerprint density at radius 3 is 2.65 bits per heavy atom. The number of tetrazole rings is 1. The summed E-state index contributed by atoms with van der Waals surface area (Å²) in [6.45, 7) is 3.73. The molecule has 0 saturated carbocycles. The van der Waals surface area contributed by atoms with E-state index in [1.165, 1.54) is 0 Å². The second kappa shape index (κ2) is 10.3. The molecule has 12 heteroatoms. The standard InChI is InChI=1S/C25H28N6O6/c1-33-18-7-5-16(6-8-18)24(32)26-20-14-35-23-21(15-36-22(20)23)31-25(27-28-29-31)37-19-4-2-3-17(13-19)30-9-11-34-12-10-30/h2-8,13,20-23H,9-12,14-15H2,1H3,(H,26,32)/t20-,21-,22+,23+/m0/s1. The van der Waals surface area contributed by atoms with Gasteiger partial charge in [-0.3, -0.25) is 4.79 Å². The van der Waals surface area contributed by atoms with E-state index in [1.54, 1.807) is 36.1 Å². The van der Waals surface area contributed by atoms with Gasteiger partial charge in [-0.15, -0.1) is 0 Å². The molecule has 2 aromatic carbocycles. The second-order valence-electron chi connectivity index (χ2n) is 9.08. The molecule has 3 aliphatic rings. The van der Waals surface area contributed by atoms with Gasteiger partial charge in [0.05, 0.1) is 39.6 Å². The van der Waals surface area contributed by atoms with E-state index in [9.17, 15) is 4.79 Å². The van der Waals surface area contributed by atoms with Crippen molar-refractivity contribution in [3.05, 3.63) is 54.1 Å². The molecule has 3 aliphatic heterocycles. The van der Waals surface area contributed by atoms with Crippen LogP contribution in [0.1, 0.15) is 16.4 Å². The number of anilines is 1. The molecule has 6 rings (SSSR count). The molecule has 1 N–H and O–H groups in total. The number of nitrogens with one attached hydrogen (secondary N) is 1. The van der Waals surface area contributed by atoms with E-state index in [-0.39, 0.29) is 36.2 Å². The molecule has 194 valence electrons. The van der Waals surface area contributed by atoms with Crippen LogP contribution in [0.2, 0.25) is 0 Å². The van der Waals surface area contributed by atoms with Gasteiger partial charge in [-0.1, -0.05) is 11.2 Å². The number of hydrogen-bond acceptors (Lipinski definition) is 10. The molecule has 0 aliphatic carbocycles. The first kappa shape index (κ1) is 23.6. The van der Waals surface area contributed by atoms with Crippen LogP contribution >= 0.6 is 0 Å². The van der Waals surface area contributed by atoms with Crippen LogP contribution in [0, 0.1) is 0 Å². The molecule has 12 nitrogen and oxygen atoms in total. The average molecular weight is 509 g/mol. The SMILES string of the molecule is COc1ccc(C(=O)N[C@H]2CO[C@H]3[C@@H]2OC[C@@H]3n2nnnc2Oc2cccc(N3CCOCC3)c2)cc1. The van der Waals surface area contributed by atoms with Crippen molar-refractivity contribution in [2.75, 3.05) is 51.5 Å². The molecule has 3 fully saturated rings. The van der Waals surface area contributed by atoms with E-state index < -0.39 is 0 Å². The van der Waals surface area contributed by atoms with Crippen molar-refractivity contribution in [1.29, 1.82) is 0 Å². The summed E-state index contributed by atoms with van der Waals surface area (Å²) in [5.74, 6) is 1.12. The minimum atomic E-state index is -0.327. The fourth-order valence-electron chi connectivity index (χ4n) is 4.94. The number of fused-ring (bicyclic) bond motifs is 1. The quantitative estimate of drug-likeness (QED) is 0.502. The van der Waals surface area contributed by atoms with Crippen molar-refractivity contribution < 1.29 is 28.5 Å². The van der Waals surface area contributed by atoms with Gasteiger partial charge in [-0.05, 0) is 46.8 Å². The lowest BCUT2D eigenvalue weighted by Gasteiger charge is -2.29. The highest BCUT2D eigenvalue weighted by molar-refractivity contribution is 5.94. The maximum atomic E-state index is 12.8. The Morgan fingerprint density at radius 2 is 1.84 bits per heavy atom. The Balaban J connectivity index is 1.12. The van der Waals surface area contributed by atoms with E-state index in [4.69, 9.17) is 23.7 Å². The van der Waals surface area contributed by atoms with Gasteiger partial charge in [0.25, 0.3) is 5.91 Å². The van der Waals surface area contributed by atoms with E-state index >= 15 is 0 Å². The maximum absolute atomic E-state index is 12.8. The first-order valence-corrected chi connectivity index (χ1v) is 12.3. The summed E-state index contributed by atoms with van der Waals surface area (Å²) in [5, 5.41) is 15.1. The van der Waals surface area contributed by atoms with Crippen LogP contribution in [0.15, 0.2) is 48.5 Å². The number of nitrogens with zero attached hydrogens (tertiary/aromatic N) is 5. The molecule has 1 aromatic heterocycles. The monoisotopic (exact) mass is 508 g/mol. The zero-order valence-electron chi connectivity index (χ0n) is 20.4. The number of hydrogen-bond donors (Lipinski definition) is 1. The molecular formula is C25H28N6O6. The number of rotatable bonds is 7. The number of methoxy groups -OCH3 is 1. The van der Waals surface area contributed by atoms with Crippen LogP contribution in [-0.4, -0.2) is 91.0 Å². The predicted molar refractivity (Wildman–Crippen MR) is 130 cm³/mol.